The number of aliphatic imine (C=N–C) groups is 1. The minimum Gasteiger partial charge on any atom is -0.267 e. The van der Waals surface area contributed by atoms with E-state index < -0.39 is 10.0 Å². The number of halogens is 1. The zero-order chi connectivity index (χ0) is 13.4. The molecule has 1 N–H and O–H groups in total. The van der Waals surface area contributed by atoms with Crippen LogP contribution in [0.2, 0.25) is 0 Å². The fourth-order valence-electron chi connectivity index (χ4n) is 1.59. The minimum atomic E-state index is -3.44. The number of sulfonamides is 1. The summed E-state index contributed by atoms with van der Waals surface area (Å²) in [7, 11) is -3.44. The zero-order valence-electron chi connectivity index (χ0n) is 10.3. The van der Waals surface area contributed by atoms with Crippen LogP contribution in [0.3, 0.4) is 0 Å². The van der Waals surface area contributed by atoms with Gasteiger partial charge in [0.2, 0.25) is 0 Å². The van der Waals surface area contributed by atoms with Crippen LogP contribution < -0.4 is 4.72 Å². The monoisotopic (exact) mass is 286 g/mol. The predicted molar refractivity (Wildman–Crippen MR) is 72.7 cm³/mol. The molecule has 1 aromatic rings. The Labute approximate surface area is 112 Å². The minimum absolute atomic E-state index is 0.155. The summed E-state index contributed by atoms with van der Waals surface area (Å²) >= 11 is 5.83. The van der Waals surface area contributed by atoms with Crippen LogP contribution in [-0.2, 0) is 10.0 Å². The number of amidine groups is 1. The van der Waals surface area contributed by atoms with Gasteiger partial charge >= 0.3 is 0 Å². The summed E-state index contributed by atoms with van der Waals surface area (Å²) in [5.41, 5.74) is 0.472. The fraction of sp³-hybridized carbons (Fsp3) is 0.417. The van der Waals surface area contributed by atoms with Crippen molar-refractivity contribution in [1.82, 2.24) is 4.72 Å². The third-order valence-corrected chi connectivity index (χ3v) is 4.81. The topological polar surface area (TPSA) is 58.5 Å². The third-order valence-electron chi connectivity index (χ3n) is 2.69. The summed E-state index contributed by atoms with van der Waals surface area (Å²) in [6.07, 6.45) is 0. The van der Waals surface area contributed by atoms with E-state index in [4.69, 9.17) is 11.6 Å². The largest absolute Gasteiger partial charge is 0.267 e. The van der Waals surface area contributed by atoms with E-state index >= 15 is 0 Å². The van der Waals surface area contributed by atoms with Crippen molar-refractivity contribution in [1.29, 1.82) is 0 Å². The highest BCUT2D eigenvalue weighted by molar-refractivity contribution is 7.90. The molecular formula is C12H15ClN2O2S. The van der Waals surface area contributed by atoms with Gasteiger partial charge in [-0.25, -0.2) is 8.42 Å². The molecule has 0 radical (unpaired) electrons. The van der Waals surface area contributed by atoms with Crippen LogP contribution in [0.25, 0.3) is 0 Å². The molecule has 0 unspecified atom stereocenters. The molecule has 1 aromatic carbocycles. The van der Waals surface area contributed by atoms with Crippen molar-refractivity contribution < 1.29 is 8.42 Å². The summed E-state index contributed by atoms with van der Waals surface area (Å²) in [5, 5.41) is 0. The van der Waals surface area contributed by atoms with E-state index in [0.717, 1.165) is 0 Å². The normalized spacial score (nSPS) is 19.6. The molecule has 1 aliphatic heterocycles. The number of fused-ring (bicyclic) bond motifs is 1. The molecule has 6 heteroatoms. The molecule has 0 atom stereocenters. The van der Waals surface area contributed by atoms with Crippen molar-refractivity contribution in [2.75, 3.05) is 12.4 Å². The number of hydrogen-bond donors (Lipinski definition) is 1. The lowest BCUT2D eigenvalue weighted by Crippen LogP contribution is -2.25. The molecule has 98 valence electrons. The first kappa shape index (κ1) is 13.4. The molecule has 0 saturated heterocycles. The molecule has 0 saturated carbocycles. The maximum absolute atomic E-state index is 11.8. The average molecular weight is 287 g/mol. The number of nitrogens with zero attached hydrogens (tertiary/aromatic N) is 1. The van der Waals surface area contributed by atoms with Crippen LogP contribution in [0.1, 0.15) is 19.4 Å². The number of benzene rings is 1. The second-order valence-corrected chi connectivity index (χ2v) is 6.98. The van der Waals surface area contributed by atoms with Gasteiger partial charge in [-0.3, -0.25) is 9.71 Å². The Bertz CT molecular complexity index is 594. The zero-order valence-corrected chi connectivity index (χ0v) is 11.8. The van der Waals surface area contributed by atoms with Gasteiger partial charge in [-0.2, -0.15) is 0 Å². The number of nitrogens with one attached hydrogen (secondary N) is 1. The van der Waals surface area contributed by atoms with Gasteiger partial charge in [0, 0.05) is 18.0 Å². The van der Waals surface area contributed by atoms with Gasteiger partial charge in [0.1, 0.15) is 5.84 Å². The molecule has 0 aliphatic carbocycles. The number of rotatable bonds is 3. The molecular weight excluding hydrogens is 272 g/mol. The first-order valence-corrected chi connectivity index (χ1v) is 7.60. The highest BCUT2D eigenvalue weighted by Gasteiger charge is 2.30. The molecule has 0 amide bonds. The Hall–Kier alpha value is -1.07. The number of alkyl halides is 1. The van der Waals surface area contributed by atoms with Gasteiger partial charge in [-0.05, 0) is 17.5 Å². The van der Waals surface area contributed by atoms with Gasteiger partial charge in [-0.1, -0.05) is 26.0 Å². The second kappa shape index (κ2) is 4.55. The highest BCUT2D eigenvalue weighted by Crippen LogP contribution is 2.23. The van der Waals surface area contributed by atoms with Crippen molar-refractivity contribution in [3.8, 4) is 0 Å². The van der Waals surface area contributed by atoms with Crippen molar-refractivity contribution in [3.05, 3.63) is 29.8 Å². The lowest BCUT2D eigenvalue weighted by atomic mass is 9.97. The molecule has 4 nitrogen and oxygen atoms in total. The van der Waals surface area contributed by atoms with Gasteiger partial charge in [0.15, 0.2) is 0 Å². The lowest BCUT2D eigenvalue weighted by molar-refractivity contribution is 0.436. The van der Waals surface area contributed by atoms with E-state index in [1.165, 1.54) is 0 Å². The van der Waals surface area contributed by atoms with Crippen molar-refractivity contribution in [2.24, 2.45) is 10.4 Å². The lowest BCUT2D eigenvalue weighted by Gasteiger charge is -2.18. The molecule has 0 aromatic heterocycles. The third kappa shape index (κ3) is 2.52. The van der Waals surface area contributed by atoms with Crippen LogP contribution in [0, 0.1) is 5.41 Å². The molecule has 2 rings (SSSR count). The molecule has 0 spiro atoms. The standard InChI is InChI=1S/C12H15ClN2O2S/c1-12(2,7-13)8-14-11-9-5-3-4-6-10(9)18(16,17)15-11/h3-6H,7-8H2,1-2H3,(H,14,15). The van der Waals surface area contributed by atoms with Crippen molar-refractivity contribution in [3.63, 3.8) is 0 Å². The average Bonchev–Trinajstić information content (AvgIpc) is 2.60. The SMILES string of the molecule is CC(C)(CCl)CN=C1NS(=O)(=O)c2ccccc21. The van der Waals surface area contributed by atoms with Crippen LogP contribution >= 0.6 is 11.6 Å². The van der Waals surface area contributed by atoms with Crippen LogP contribution in [0.15, 0.2) is 34.2 Å². The van der Waals surface area contributed by atoms with E-state index in [-0.39, 0.29) is 10.3 Å². The molecule has 0 fully saturated rings. The van der Waals surface area contributed by atoms with Gasteiger partial charge < -0.3 is 0 Å². The fourth-order valence-corrected chi connectivity index (χ4v) is 2.92. The quantitative estimate of drug-likeness (QED) is 0.864. The summed E-state index contributed by atoms with van der Waals surface area (Å²) in [6.45, 7) is 4.45. The predicted octanol–water partition coefficient (Wildman–Crippen LogP) is 1.99. The molecule has 1 heterocycles. The highest BCUT2D eigenvalue weighted by atomic mass is 35.5. The van der Waals surface area contributed by atoms with E-state index in [1.807, 2.05) is 13.8 Å². The maximum atomic E-state index is 11.8. The van der Waals surface area contributed by atoms with Gasteiger partial charge in [0.05, 0.1) is 4.90 Å². The Morgan fingerprint density at radius 1 is 1.33 bits per heavy atom. The van der Waals surface area contributed by atoms with Crippen molar-refractivity contribution in [2.45, 2.75) is 18.7 Å². The second-order valence-electron chi connectivity index (χ2n) is 5.06. The van der Waals surface area contributed by atoms with E-state index in [0.29, 0.717) is 23.8 Å². The van der Waals surface area contributed by atoms with Crippen molar-refractivity contribution >= 4 is 27.5 Å². The van der Waals surface area contributed by atoms with Gasteiger partial charge in [-0.15, -0.1) is 11.6 Å². The Balaban J connectivity index is 2.37. The summed E-state index contributed by atoms with van der Waals surface area (Å²) in [4.78, 5) is 4.63. The Morgan fingerprint density at radius 2 is 2.00 bits per heavy atom. The molecule has 1 aliphatic rings. The van der Waals surface area contributed by atoms with E-state index in [2.05, 4.69) is 9.71 Å². The maximum Gasteiger partial charge on any atom is 0.263 e. The first-order chi connectivity index (χ1) is 8.36. The summed E-state index contributed by atoms with van der Waals surface area (Å²) in [5.74, 6) is 0.877. The van der Waals surface area contributed by atoms with Gasteiger partial charge in [0.25, 0.3) is 10.0 Å². The molecule has 0 bridgehead atoms. The Morgan fingerprint density at radius 3 is 2.67 bits per heavy atom. The van der Waals surface area contributed by atoms with Crippen LogP contribution in [0.5, 0.6) is 0 Å². The molecule has 18 heavy (non-hydrogen) atoms. The van der Waals surface area contributed by atoms with Crippen LogP contribution in [-0.4, -0.2) is 26.7 Å². The summed E-state index contributed by atoms with van der Waals surface area (Å²) in [6, 6.07) is 6.82. The summed E-state index contributed by atoms with van der Waals surface area (Å²) < 4.78 is 26.2. The Kier molecular flexibility index (Phi) is 3.38. The number of hydrogen-bond acceptors (Lipinski definition) is 3. The smallest absolute Gasteiger partial charge is 0.263 e. The first-order valence-electron chi connectivity index (χ1n) is 5.58. The van der Waals surface area contributed by atoms with Crippen LogP contribution in [0.4, 0.5) is 0 Å². The van der Waals surface area contributed by atoms with E-state index in [1.54, 1.807) is 24.3 Å². The van der Waals surface area contributed by atoms with E-state index in [9.17, 15) is 8.42 Å².